The van der Waals surface area contributed by atoms with Crippen molar-refractivity contribution in [1.82, 2.24) is 31.8 Å². The van der Waals surface area contributed by atoms with E-state index in [-0.39, 0.29) is 49.0 Å². The van der Waals surface area contributed by atoms with Crippen molar-refractivity contribution in [1.29, 1.82) is 0 Å². The molecule has 1 aliphatic heterocycles. The second-order valence-electron chi connectivity index (χ2n) is 12.6. The summed E-state index contributed by atoms with van der Waals surface area (Å²) in [6, 6.07) is 8.16. The van der Waals surface area contributed by atoms with Crippen LogP contribution in [0.4, 0.5) is 0 Å². The van der Waals surface area contributed by atoms with Crippen molar-refractivity contribution < 1.29 is 29.5 Å². The molecule has 3 amide bonds. The lowest BCUT2D eigenvalue weighted by Gasteiger charge is -2.46. The fraction of sp³-hybridized carbons (Fsp3) is 0.719. The van der Waals surface area contributed by atoms with Gasteiger partial charge in [0.1, 0.15) is 6.04 Å². The summed E-state index contributed by atoms with van der Waals surface area (Å²) in [5.41, 5.74) is 2.56. The van der Waals surface area contributed by atoms with Crippen molar-refractivity contribution in [3.05, 3.63) is 35.9 Å². The Kier molecular flexibility index (Phi) is 16.8. The Hall–Kier alpha value is -2.61. The first kappa shape index (κ1) is 37.6. The van der Waals surface area contributed by atoms with E-state index in [1.54, 1.807) is 19.6 Å². The number of carbonyl (C=O) groups is 3. The average molecular weight is 621 g/mol. The largest absolute Gasteiger partial charge is 0.390 e. The number of likely N-dealkylation sites (tertiary alicyclic amines) is 1. The van der Waals surface area contributed by atoms with Gasteiger partial charge >= 0.3 is 0 Å². The monoisotopic (exact) mass is 620 g/mol. The lowest BCUT2D eigenvalue weighted by molar-refractivity contribution is -0.152. The van der Waals surface area contributed by atoms with Crippen LogP contribution in [0.25, 0.3) is 0 Å². The van der Waals surface area contributed by atoms with Gasteiger partial charge in [-0.3, -0.25) is 29.3 Å². The molecule has 3 rings (SSSR count). The summed E-state index contributed by atoms with van der Waals surface area (Å²) in [6.07, 6.45) is 5.14. The maximum Gasteiger partial charge on any atom is 0.242 e. The lowest BCUT2D eigenvalue weighted by Crippen LogP contribution is -2.60. The van der Waals surface area contributed by atoms with Gasteiger partial charge in [0.2, 0.25) is 17.7 Å². The SMILES string of the molecule is CC(C)ONO.CNCC(=O)NC(C)C(=O)NC(Cc1ccccc1)C(O)CN1CC2CCCCC2CC1C(=O)NC(C)C. The number of aliphatic hydroxyl groups is 1. The van der Waals surface area contributed by atoms with E-state index in [1.807, 2.05) is 58.0 Å². The minimum atomic E-state index is -0.895. The highest BCUT2D eigenvalue weighted by Gasteiger charge is 2.41. The van der Waals surface area contributed by atoms with E-state index in [1.165, 1.54) is 12.8 Å². The van der Waals surface area contributed by atoms with Gasteiger partial charge in [0, 0.05) is 19.1 Å². The van der Waals surface area contributed by atoms with Crippen LogP contribution in [0, 0.1) is 11.8 Å². The summed E-state index contributed by atoms with van der Waals surface area (Å²) in [4.78, 5) is 44.7. The molecule has 2 fully saturated rings. The van der Waals surface area contributed by atoms with Gasteiger partial charge in [0.15, 0.2) is 0 Å². The number of hydrogen-bond acceptors (Lipinski definition) is 9. The highest BCUT2D eigenvalue weighted by atomic mass is 16.8. The van der Waals surface area contributed by atoms with Gasteiger partial charge in [-0.05, 0) is 78.3 Å². The van der Waals surface area contributed by atoms with Crippen LogP contribution in [-0.2, 0) is 25.6 Å². The highest BCUT2D eigenvalue weighted by molar-refractivity contribution is 5.88. The highest BCUT2D eigenvalue weighted by Crippen LogP contribution is 2.38. The van der Waals surface area contributed by atoms with Crippen LogP contribution in [-0.4, -0.2) is 96.0 Å². The number of nitrogens with zero attached hydrogens (tertiary/aromatic N) is 1. The summed E-state index contributed by atoms with van der Waals surface area (Å²) in [7, 11) is 1.67. The number of piperidine rings is 1. The summed E-state index contributed by atoms with van der Waals surface area (Å²) in [5.74, 6) is 0.463. The van der Waals surface area contributed by atoms with E-state index >= 15 is 0 Å². The van der Waals surface area contributed by atoms with E-state index in [4.69, 9.17) is 5.21 Å². The second kappa shape index (κ2) is 19.7. The molecular weight excluding hydrogens is 564 g/mol. The first-order valence-corrected chi connectivity index (χ1v) is 16.0. The van der Waals surface area contributed by atoms with Crippen LogP contribution >= 0.6 is 0 Å². The summed E-state index contributed by atoms with van der Waals surface area (Å²) >= 11 is 0. The smallest absolute Gasteiger partial charge is 0.242 e. The average Bonchev–Trinajstić information content (AvgIpc) is 2.96. The Morgan fingerprint density at radius 3 is 2.20 bits per heavy atom. The second-order valence-corrected chi connectivity index (χ2v) is 12.6. The molecule has 1 aromatic carbocycles. The van der Waals surface area contributed by atoms with E-state index in [0.29, 0.717) is 18.3 Å². The van der Waals surface area contributed by atoms with Crippen LogP contribution in [0.3, 0.4) is 0 Å². The van der Waals surface area contributed by atoms with E-state index in [9.17, 15) is 19.5 Å². The van der Waals surface area contributed by atoms with Crippen molar-refractivity contribution in [2.45, 2.75) is 110 Å². The molecule has 1 aromatic rings. The number of aliphatic hydroxyl groups excluding tert-OH is 1. The van der Waals surface area contributed by atoms with Crippen molar-refractivity contribution in [3.8, 4) is 0 Å². The first-order valence-electron chi connectivity index (χ1n) is 16.0. The lowest BCUT2D eigenvalue weighted by atomic mass is 9.72. The van der Waals surface area contributed by atoms with Gasteiger partial charge in [0.05, 0.1) is 30.8 Å². The quantitative estimate of drug-likeness (QED) is 0.153. The first-order chi connectivity index (χ1) is 20.9. The molecule has 250 valence electrons. The number of likely N-dealkylation sites (N-methyl/N-ethyl adjacent to an activating group) is 1. The minimum absolute atomic E-state index is 0.0146. The van der Waals surface area contributed by atoms with Crippen molar-refractivity contribution >= 4 is 17.7 Å². The zero-order chi connectivity index (χ0) is 32.6. The zero-order valence-corrected chi connectivity index (χ0v) is 27.3. The third-order valence-electron chi connectivity index (χ3n) is 8.14. The van der Waals surface area contributed by atoms with Crippen LogP contribution < -0.4 is 26.9 Å². The summed E-state index contributed by atoms with van der Waals surface area (Å²) in [5, 5.41) is 30.8. The minimum Gasteiger partial charge on any atom is -0.390 e. The zero-order valence-electron chi connectivity index (χ0n) is 27.3. The number of β-amino-alcohol motifs (C(OH)–C–C–N with tert-alkyl or cyclic N) is 1. The molecule has 6 unspecified atom stereocenters. The molecule has 1 aliphatic carbocycles. The van der Waals surface area contributed by atoms with Crippen LogP contribution in [0.15, 0.2) is 30.3 Å². The Labute approximate surface area is 263 Å². The molecule has 0 bridgehead atoms. The third kappa shape index (κ3) is 13.2. The fourth-order valence-corrected chi connectivity index (χ4v) is 6.01. The number of rotatable bonds is 14. The predicted octanol–water partition coefficient (Wildman–Crippen LogP) is 1.51. The van der Waals surface area contributed by atoms with Gasteiger partial charge in [0.25, 0.3) is 0 Å². The van der Waals surface area contributed by atoms with Gasteiger partial charge in [-0.25, -0.2) is 0 Å². The molecule has 1 heterocycles. The number of benzene rings is 1. The third-order valence-corrected chi connectivity index (χ3v) is 8.14. The molecular formula is C32H56N6O6. The molecule has 0 radical (unpaired) electrons. The Bertz CT molecular complexity index is 997. The van der Waals surface area contributed by atoms with Crippen molar-refractivity contribution in [2.75, 3.05) is 26.7 Å². The molecule has 0 aromatic heterocycles. The molecule has 12 nitrogen and oxygen atoms in total. The summed E-state index contributed by atoms with van der Waals surface area (Å²) in [6.45, 7) is 10.4. The number of amides is 3. The van der Waals surface area contributed by atoms with Crippen LogP contribution in [0.1, 0.15) is 72.3 Å². The normalized spacial score (nSPS) is 22.2. The van der Waals surface area contributed by atoms with Gasteiger partial charge in [-0.15, -0.1) is 0 Å². The van der Waals surface area contributed by atoms with Crippen LogP contribution in [0.5, 0.6) is 0 Å². The molecule has 1 saturated heterocycles. The maximum atomic E-state index is 13.2. The molecule has 1 saturated carbocycles. The summed E-state index contributed by atoms with van der Waals surface area (Å²) < 4.78 is 0. The number of hydrogen-bond donors (Lipinski definition) is 7. The van der Waals surface area contributed by atoms with Gasteiger partial charge < -0.3 is 26.4 Å². The number of nitrogens with one attached hydrogen (secondary N) is 5. The van der Waals surface area contributed by atoms with Crippen molar-refractivity contribution in [3.63, 3.8) is 0 Å². The predicted molar refractivity (Wildman–Crippen MR) is 169 cm³/mol. The Balaban J connectivity index is 0.00000102. The number of carbonyl (C=O) groups excluding carboxylic acids is 3. The number of fused-ring (bicyclic) bond motifs is 1. The molecule has 7 N–H and O–H groups in total. The molecule has 0 spiro atoms. The fourth-order valence-electron chi connectivity index (χ4n) is 6.01. The van der Waals surface area contributed by atoms with Crippen molar-refractivity contribution in [2.24, 2.45) is 11.8 Å². The maximum absolute atomic E-state index is 13.2. The molecule has 44 heavy (non-hydrogen) atoms. The van der Waals surface area contributed by atoms with E-state index < -0.39 is 18.2 Å². The molecule has 2 aliphatic rings. The topological polar surface area (TPSA) is 164 Å². The van der Waals surface area contributed by atoms with E-state index in [2.05, 4.69) is 31.0 Å². The van der Waals surface area contributed by atoms with E-state index in [0.717, 1.165) is 31.4 Å². The molecule has 12 heteroatoms. The van der Waals surface area contributed by atoms with Gasteiger partial charge in [-0.1, -0.05) is 55.2 Å². The van der Waals surface area contributed by atoms with Gasteiger partial charge in [-0.2, -0.15) is 0 Å². The standard InChI is InChI=1S/C29H47N5O4.C3H9NO2/c1-19(2)31-29(38)25-15-22-12-8-9-13-23(22)17-34(25)18-26(35)24(14-21-10-6-5-7-11-21)33-28(37)20(3)32-27(36)16-30-4;1-3(2)6-4-5/h5-7,10-11,19-20,22-26,30,35H,8-9,12-18H2,1-4H3,(H,31,38)(H,32,36)(H,33,37);3-5H,1-2H3. The molecule has 6 atom stereocenters. The van der Waals surface area contributed by atoms with Crippen LogP contribution in [0.2, 0.25) is 0 Å². The Morgan fingerprint density at radius 1 is 0.977 bits per heavy atom. The Morgan fingerprint density at radius 2 is 1.64 bits per heavy atom.